The lowest BCUT2D eigenvalue weighted by Gasteiger charge is -2.14. The molecule has 2 aromatic heterocycles. The highest BCUT2D eigenvalue weighted by Gasteiger charge is 2.14. The van der Waals surface area contributed by atoms with Crippen molar-refractivity contribution in [2.45, 2.75) is 0 Å². The predicted octanol–water partition coefficient (Wildman–Crippen LogP) is 8.53. The fourth-order valence-corrected chi connectivity index (χ4v) is 4.57. The van der Waals surface area contributed by atoms with Crippen LogP contribution in [0.5, 0.6) is 23.0 Å². The third kappa shape index (κ3) is 10.8. The van der Waals surface area contributed by atoms with E-state index in [1.807, 2.05) is 30.3 Å². The Balaban J connectivity index is 0.000000265. The van der Waals surface area contributed by atoms with Gasteiger partial charge in [0.2, 0.25) is 0 Å². The number of rotatable bonds is 14. The number of hydrogen-bond donors (Lipinski definition) is 1. The molecule has 0 aliphatic carbocycles. The van der Waals surface area contributed by atoms with Gasteiger partial charge in [-0.15, -0.1) is 65.2 Å². The molecule has 0 aliphatic rings. The Labute approximate surface area is 303 Å². The molecule has 0 radical (unpaired) electrons. The topological polar surface area (TPSA) is 101 Å². The lowest BCUT2D eigenvalue weighted by Crippen LogP contribution is -2.05. The Kier molecular flexibility index (Phi) is 16.3. The van der Waals surface area contributed by atoms with Crippen LogP contribution in [0.2, 0.25) is 5.15 Å². The Morgan fingerprint density at radius 3 is 1.66 bits per heavy atom. The third-order valence-electron chi connectivity index (χ3n) is 5.98. The fraction of sp³-hybridized carbons (Fsp3) is 0.250. The van der Waals surface area contributed by atoms with Gasteiger partial charge in [-0.3, -0.25) is 0 Å². The van der Waals surface area contributed by atoms with Crippen LogP contribution in [0.15, 0.2) is 61.2 Å². The summed E-state index contributed by atoms with van der Waals surface area (Å²) in [4.78, 5) is 16.8. The van der Waals surface area contributed by atoms with E-state index >= 15 is 0 Å². The van der Waals surface area contributed by atoms with E-state index < -0.39 is 0 Å². The van der Waals surface area contributed by atoms with Crippen molar-refractivity contribution < 1.29 is 18.9 Å². The number of alkyl halides is 4. The monoisotopic (exact) mass is 757 g/mol. The smallest absolute Gasteiger partial charge is 0.163 e. The maximum Gasteiger partial charge on any atom is 0.163 e. The van der Waals surface area contributed by atoms with Crippen LogP contribution in [0.1, 0.15) is 5.56 Å². The molecule has 0 bridgehead atoms. The predicted molar refractivity (Wildman–Crippen MR) is 194 cm³/mol. The van der Waals surface area contributed by atoms with Crippen molar-refractivity contribution in [2.75, 3.05) is 55.3 Å². The van der Waals surface area contributed by atoms with Crippen LogP contribution in [0, 0.1) is 12.3 Å². The summed E-state index contributed by atoms with van der Waals surface area (Å²) in [6, 6.07) is 14.7. The molecule has 5 rings (SSSR count). The summed E-state index contributed by atoms with van der Waals surface area (Å²) in [7, 11) is 0. The Hall–Kier alpha value is -3.36. The van der Waals surface area contributed by atoms with E-state index in [1.54, 1.807) is 18.2 Å². The van der Waals surface area contributed by atoms with E-state index in [1.165, 1.54) is 12.7 Å². The van der Waals surface area contributed by atoms with Crippen LogP contribution in [0.4, 0.5) is 11.5 Å². The van der Waals surface area contributed by atoms with Crippen LogP contribution in [-0.4, -0.2) is 69.9 Å². The minimum atomic E-state index is 0. The molecule has 0 aliphatic heterocycles. The highest BCUT2D eigenvalue weighted by molar-refractivity contribution is 6.34. The second-order valence-electron chi connectivity index (χ2n) is 9.02. The van der Waals surface area contributed by atoms with Crippen molar-refractivity contribution in [2.24, 2.45) is 0 Å². The third-order valence-corrected chi connectivity index (χ3v) is 6.90. The molecule has 15 heteroatoms. The lowest BCUT2D eigenvalue weighted by molar-refractivity contribution is 0.290. The minimum absolute atomic E-state index is 0. The summed E-state index contributed by atoms with van der Waals surface area (Å²) >= 11 is 28.7. The minimum Gasteiger partial charge on any atom is -0.488 e. The van der Waals surface area contributed by atoms with E-state index in [-0.39, 0.29) is 12.4 Å². The van der Waals surface area contributed by atoms with Gasteiger partial charge < -0.3 is 24.3 Å². The number of terminal acetylenes is 1. The number of hydrogen-bond acceptors (Lipinski definition) is 9. The average molecular weight is 760 g/mol. The Bertz CT molecular complexity index is 1790. The molecule has 9 nitrogen and oxygen atoms in total. The molecule has 2 heterocycles. The number of nitrogens with one attached hydrogen (secondary N) is 1. The molecule has 1 N–H and O–H groups in total. The van der Waals surface area contributed by atoms with Crippen molar-refractivity contribution in [1.29, 1.82) is 0 Å². The first-order valence-corrected chi connectivity index (χ1v) is 16.3. The Morgan fingerprint density at radius 2 is 1.13 bits per heavy atom. The van der Waals surface area contributed by atoms with Crippen LogP contribution in [0.3, 0.4) is 0 Å². The molecule has 0 saturated heterocycles. The maximum atomic E-state index is 6.03. The van der Waals surface area contributed by atoms with Crippen molar-refractivity contribution in [1.82, 2.24) is 19.9 Å². The number of aromatic nitrogens is 4. The van der Waals surface area contributed by atoms with E-state index in [2.05, 4.69) is 31.2 Å². The second-order valence-corrected chi connectivity index (χ2v) is 10.9. The van der Waals surface area contributed by atoms with Crippen LogP contribution in [-0.2, 0) is 0 Å². The van der Waals surface area contributed by atoms with Crippen molar-refractivity contribution >= 4 is 104 Å². The average Bonchev–Trinajstić information content (AvgIpc) is 3.08. The normalized spacial score (nSPS) is 10.3. The maximum absolute atomic E-state index is 6.03. The van der Waals surface area contributed by atoms with Gasteiger partial charge in [0.05, 0.1) is 34.6 Å². The second kappa shape index (κ2) is 20.1. The highest BCUT2D eigenvalue weighted by atomic mass is 35.5. The molecule has 0 saturated carbocycles. The van der Waals surface area contributed by atoms with Crippen molar-refractivity contribution in [3.05, 3.63) is 71.9 Å². The number of ether oxygens (including phenoxy) is 4. The van der Waals surface area contributed by atoms with Gasteiger partial charge in [0.1, 0.15) is 50.1 Å². The first kappa shape index (κ1) is 38.1. The summed E-state index contributed by atoms with van der Waals surface area (Å²) in [6.45, 7) is 1.46. The molecule has 5 aromatic rings. The van der Waals surface area contributed by atoms with E-state index in [0.29, 0.717) is 100 Å². The van der Waals surface area contributed by atoms with Gasteiger partial charge >= 0.3 is 0 Å². The molecule has 0 atom stereocenters. The SMILES string of the molecule is C#Cc1cccc(Nc2ncnc3cc(OCCCl)c(OCCCl)cc23)c1.Cl.ClCCOc1cc2ncnc(Cl)c2cc1OCCCl. The number of anilines is 2. The fourth-order valence-electron chi connectivity index (χ4n) is 4.06. The van der Waals surface area contributed by atoms with E-state index in [9.17, 15) is 0 Å². The van der Waals surface area contributed by atoms with Gasteiger partial charge in [0, 0.05) is 34.2 Å². The number of nitrogens with zero attached hydrogens (tertiary/aromatic N) is 4. The van der Waals surface area contributed by atoms with Gasteiger partial charge in [0.15, 0.2) is 23.0 Å². The van der Waals surface area contributed by atoms with Gasteiger partial charge in [-0.25, -0.2) is 19.9 Å². The molecule has 0 spiro atoms. The summed E-state index contributed by atoms with van der Waals surface area (Å²) < 4.78 is 22.5. The summed E-state index contributed by atoms with van der Waals surface area (Å²) in [5.41, 5.74) is 3.00. The van der Waals surface area contributed by atoms with Crippen molar-refractivity contribution in [3.63, 3.8) is 0 Å². The first-order valence-electron chi connectivity index (χ1n) is 13.8. The molecule has 47 heavy (non-hydrogen) atoms. The standard InChI is InChI=1S/C20H17Cl2N3O2.C12H11Cl3N2O2.ClH/c1-2-14-4-3-5-15(10-14)25-20-16-11-18(26-8-6-21)19(27-9-7-22)12-17(16)23-13-24-20;13-1-3-18-10-5-8-9(16-7-17-12(8)15)6-11(10)19-4-2-14;/h1,3-5,10-13H,6-9H2,(H,23,24,25);5-7H,1-4H2;1H. The highest BCUT2D eigenvalue weighted by Crippen LogP contribution is 2.36. The van der Waals surface area contributed by atoms with Gasteiger partial charge in [-0.2, -0.15) is 0 Å². The number of benzene rings is 3. The summed E-state index contributed by atoms with van der Waals surface area (Å²) in [6.07, 6.45) is 8.36. The van der Waals surface area contributed by atoms with E-state index in [0.717, 1.165) is 16.6 Å². The first-order chi connectivity index (χ1) is 22.5. The Morgan fingerprint density at radius 1 is 0.638 bits per heavy atom. The molecule has 0 amide bonds. The van der Waals surface area contributed by atoms with Crippen LogP contribution >= 0.6 is 70.4 Å². The van der Waals surface area contributed by atoms with Crippen LogP contribution in [0.25, 0.3) is 21.8 Å². The summed E-state index contributed by atoms with van der Waals surface area (Å²) in [5, 5.41) is 5.13. The zero-order valence-electron chi connectivity index (χ0n) is 24.7. The molecule has 3 aromatic carbocycles. The summed E-state index contributed by atoms with van der Waals surface area (Å²) in [5.74, 6) is 6.99. The van der Waals surface area contributed by atoms with Crippen LogP contribution < -0.4 is 24.3 Å². The molecule has 248 valence electrons. The zero-order chi connectivity index (χ0) is 32.7. The van der Waals surface area contributed by atoms with Gasteiger partial charge in [-0.1, -0.05) is 23.6 Å². The molecular formula is C32H29Cl6N5O4. The molecular weight excluding hydrogens is 731 g/mol. The molecule has 0 fully saturated rings. The lowest BCUT2D eigenvalue weighted by atomic mass is 10.2. The quantitative estimate of drug-likeness (QED) is 0.0679. The van der Waals surface area contributed by atoms with E-state index in [4.69, 9.17) is 83.4 Å². The zero-order valence-corrected chi connectivity index (χ0v) is 29.3. The number of halogens is 6. The largest absolute Gasteiger partial charge is 0.488 e. The molecule has 0 unspecified atom stereocenters. The number of fused-ring (bicyclic) bond motifs is 2. The van der Waals surface area contributed by atoms with Gasteiger partial charge in [0.25, 0.3) is 0 Å². The van der Waals surface area contributed by atoms with Crippen molar-refractivity contribution in [3.8, 4) is 35.3 Å². The van der Waals surface area contributed by atoms with Gasteiger partial charge in [-0.05, 0) is 30.3 Å².